The van der Waals surface area contributed by atoms with Crippen molar-refractivity contribution in [3.8, 4) is 11.5 Å². The molecular formula is C14H19NO4. The third-order valence-corrected chi connectivity index (χ3v) is 3.28. The van der Waals surface area contributed by atoms with Crippen molar-refractivity contribution in [2.24, 2.45) is 0 Å². The maximum Gasteiger partial charge on any atom is 0.248 e. The second kappa shape index (κ2) is 5.93. The largest absolute Gasteiger partial charge is 0.486 e. The fourth-order valence-corrected chi connectivity index (χ4v) is 2.04. The summed E-state index contributed by atoms with van der Waals surface area (Å²) >= 11 is 0. The van der Waals surface area contributed by atoms with Gasteiger partial charge in [0.05, 0.1) is 0 Å². The number of hydrogen-bond acceptors (Lipinski definition) is 4. The Morgan fingerprint density at radius 3 is 2.58 bits per heavy atom. The molecule has 0 spiro atoms. The van der Waals surface area contributed by atoms with E-state index in [9.17, 15) is 4.79 Å². The third kappa shape index (κ3) is 3.17. The predicted molar refractivity (Wildman–Crippen MR) is 70.6 cm³/mol. The van der Waals surface area contributed by atoms with Crippen molar-refractivity contribution in [2.45, 2.75) is 13.3 Å². The molecule has 0 aliphatic carbocycles. The fraction of sp³-hybridized carbons (Fsp3) is 0.500. The van der Waals surface area contributed by atoms with Crippen LogP contribution < -0.4 is 9.47 Å². The molecular weight excluding hydrogens is 246 g/mol. The molecule has 1 N–H and O–H groups in total. The van der Waals surface area contributed by atoms with Crippen LogP contribution in [0.1, 0.15) is 11.1 Å². The lowest BCUT2D eigenvalue weighted by Gasteiger charge is -2.21. The molecule has 5 heteroatoms. The van der Waals surface area contributed by atoms with Crippen molar-refractivity contribution >= 4 is 5.91 Å². The fourth-order valence-electron chi connectivity index (χ4n) is 2.04. The number of hydrogen-bond donors (Lipinski definition) is 1. The summed E-state index contributed by atoms with van der Waals surface area (Å²) < 4.78 is 11.1. The molecule has 0 bridgehead atoms. The number of ether oxygens (including phenoxy) is 2. The molecule has 0 aromatic heterocycles. The van der Waals surface area contributed by atoms with Crippen LogP contribution in [0, 0.1) is 6.92 Å². The van der Waals surface area contributed by atoms with Gasteiger partial charge in [-0.25, -0.2) is 0 Å². The number of fused-ring (bicyclic) bond motifs is 1. The average molecular weight is 265 g/mol. The minimum absolute atomic E-state index is 0.268. The van der Waals surface area contributed by atoms with E-state index in [1.54, 1.807) is 7.05 Å². The molecule has 19 heavy (non-hydrogen) atoms. The normalized spacial score (nSPS) is 13.2. The Labute approximate surface area is 112 Å². The lowest BCUT2D eigenvalue weighted by molar-refractivity contribution is -0.132. The van der Waals surface area contributed by atoms with Gasteiger partial charge < -0.3 is 19.5 Å². The molecule has 0 fully saturated rings. The zero-order valence-corrected chi connectivity index (χ0v) is 11.3. The molecule has 1 aliphatic rings. The quantitative estimate of drug-likeness (QED) is 0.873. The molecule has 0 atom stereocenters. The van der Waals surface area contributed by atoms with Gasteiger partial charge in [0.1, 0.15) is 19.8 Å². The SMILES string of the molecule is Cc1cc2c(cc1CCN(C)C(=O)CO)OCCO2. The van der Waals surface area contributed by atoms with E-state index in [4.69, 9.17) is 14.6 Å². The number of carbonyl (C=O) groups excluding carboxylic acids is 1. The van der Waals surface area contributed by atoms with Crippen LogP contribution in [0.4, 0.5) is 0 Å². The maximum atomic E-state index is 11.3. The van der Waals surface area contributed by atoms with Crippen molar-refractivity contribution in [3.63, 3.8) is 0 Å². The molecule has 1 aromatic carbocycles. The van der Waals surface area contributed by atoms with E-state index in [0.29, 0.717) is 19.8 Å². The van der Waals surface area contributed by atoms with Crippen LogP contribution in [0.25, 0.3) is 0 Å². The molecule has 0 saturated heterocycles. The Hall–Kier alpha value is -1.75. The third-order valence-electron chi connectivity index (χ3n) is 3.28. The van der Waals surface area contributed by atoms with Gasteiger partial charge in [-0.1, -0.05) is 0 Å². The summed E-state index contributed by atoms with van der Waals surface area (Å²) in [6, 6.07) is 3.94. The van der Waals surface area contributed by atoms with Crippen molar-refractivity contribution in [3.05, 3.63) is 23.3 Å². The van der Waals surface area contributed by atoms with E-state index in [-0.39, 0.29) is 5.91 Å². The molecule has 1 amide bonds. The molecule has 1 aliphatic heterocycles. The Bertz CT molecular complexity index is 473. The first-order chi connectivity index (χ1) is 9.11. The van der Waals surface area contributed by atoms with Crippen molar-refractivity contribution in [1.29, 1.82) is 0 Å². The smallest absolute Gasteiger partial charge is 0.248 e. The Morgan fingerprint density at radius 1 is 1.32 bits per heavy atom. The molecule has 104 valence electrons. The van der Waals surface area contributed by atoms with Gasteiger partial charge in [0.2, 0.25) is 5.91 Å². The molecule has 1 aromatic rings. The zero-order valence-electron chi connectivity index (χ0n) is 11.3. The number of aryl methyl sites for hydroxylation is 1. The van der Waals surface area contributed by atoms with E-state index in [2.05, 4.69) is 0 Å². The van der Waals surface area contributed by atoms with Crippen LogP contribution in [0.2, 0.25) is 0 Å². The Kier molecular flexibility index (Phi) is 4.27. The molecule has 0 unspecified atom stereocenters. The van der Waals surface area contributed by atoms with Gasteiger partial charge in [0.25, 0.3) is 0 Å². The zero-order chi connectivity index (χ0) is 13.8. The summed E-state index contributed by atoms with van der Waals surface area (Å²) in [6.45, 7) is 3.29. The number of aliphatic hydroxyl groups is 1. The highest BCUT2D eigenvalue weighted by atomic mass is 16.6. The van der Waals surface area contributed by atoms with Gasteiger partial charge in [0.15, 0.2) is 11.5 Å². The average Bonchev–Trinajstić information content (AvgIpc) is 2.43. The van der Waals surface area contributed by atoms with Crippen molar-refractivity contribution in [2.75, 3.05) is 33.4 Å². The van der Waals surface area contributed by atoms with E-state index < -0.39 is 6.61 Å². The summed E-state index contributed by atoms with van der Waals surface area (Å²) in [7, 11) is 1.69. The number of rotatable bonds is 4. The minimum atomic E-state index is -0.448. The van der Waals surface area contributed by atoms with Crippen LogP contribution in [0.3, 0.4) is 0 Å². The van der Waals surface area contributed by atoms with Crippen molar-refractivity contribution in [1.82, 2.24) is 4.90 Å². The maximum absolute atomic E-state index is 11.3. The van der Waals surface area contributed by atoms with E-state index in [1.807, 2.05) is 19.1 Å². The van der Waals surface area contributed by atoms with Gasteiger partial charge in [-0.3, -0.25) is 4.79 Å². The van der Waals surface area contributed by atoms with Gasteiger partial charge in [0, 0.05) is 13.6 Å². The van der Waals surface area contributed by atoms with Crippen LogP contribution in [-0.4, -0.2) is 49.3 Å². The summed E-state index contributed by atoms with van der Waals surface area (Å²) in [5.41, 5.74) is 2.25. The van der Waals surface area contributed by atoms with E-state index in [1.165, 1.54) is 4.90 Å². The standard InChI is InChI=1S/C14H19NO4/c1-10-7-12-13(19-6-5-18-12)8-11(10)3-4-15(2)14(17)9-16/h7-8,16H,3-6,9H2,1-2H3. The molecule has 0 saturated carbocycles. The second-order valence-electron chi connectivity index (χ2n) is 4.65. The summed E-state index contributed by atoms with van der Waals surface area (Å²) in [6.07, 6.45) is 0.727. The van der Waals surface area contributed by atoms with Crippen LogP contribution >= 0.6 is 0 Å². The highest BCUT2D eigenvalue weighted by molar-refractivity contribution is 5.76. The summed E-state index contributed by atoms with van der Waals surface area (Å²) in [5.74, 6) is 1.28. The Balaban J connectivity index is 2.06. The number of carbonyl (C=O) groups is 1. The number of amides is 1. The van der Waals surface area contributed by atoms with Crippen molar-refractivity contribution < 1.29 is 19.4 Å². The van der Waals surface area contributed by atoms with Gasteiger partial charge in [-0.05, 0) is 36.6 Å². The molecule has 2 rings (SSSR count). The Morgan fingerprint density at radius 2 is 1.95 bits per heavy atom. The van der Waals surface area contributed by atoms with Gasteiger partial charge in [-0.2, -0.15) is 0 Å². The topological polar surface area (TPSA) is 59.0 Å². The number of benzene rings is 1. The lowest BCUT2D eigenvalue weighted by atomic mass is 10.0. The molecule has 1 heterocycles. The van der Waals surface area contributed by atoms with Gasteiger partial charge in [-0.15, -0.1) is 0 Å². The van der Waals surface area contributed by atoms with Crippen LogP contribution in [0.5, 0.6) is 11.5 Å². The number of nitrogens with zero attached hydrogens (tertiary/aromatic N) is 1. The monoisotopic (exact) mass is 265 g/mol. The lowest BCUT2D eigenvalue weighted by Crippen LogP contribution is -2.31. The van der Waals surface area contributed by atoms with Crippen LogP contribution in [0.15, 0.2) is 12.1 Å². The predicted octanol–water partition coefficient (Wildman–Crippen LogP) is 0.759. The first-order valence-electron chi connectivity index (χ1n) is 6.35. The van der Waals surface area contributed by atoms with Gasteiger partial charge >= 0.3 is 0 Å². The molecule has 0 radical (unpaired) electrons. The first kappa shape index (κ1) is 13.7. The highest BCUT2D eigenvalue weighted by Gasteiger charge is 2.15. The summed E-state index contributed by atoms with van der Waals surface area (Å²) in [5, 5.41) is 8.79. The minimum Gasteiger partial charge on any atom is -0.486 e. The highest BCUT2D eigenvalue weighted by Crippen LogP contribution is 2.33. The second-order valence-corrected chi connectivity index (χ2v) is 4.65. The van der Waals surface area contributed by atoms with Crippen LogP contribution in [-0.2, 0) is 11.2 Å². The number of aliphatic hydroxyl groups excluding tert-OH is 1. The number of likely N-dealkylation sites (N-methyl/N-ethyl adjacent to an activating group) is 1. The van der Waals surface area contributed by atoms with E-state index in [0.717, 1.165) is 29.0 Å². The first-order valence-corrected chi connectivity index (χ1v) is 6.35. The molecule has 5 nitrogen and oxygen atoms in total. The van der Waals surface area contributed by atoms with E-state index >= 15 is 0 Å². The summed E-state index contributed by atoms with van der Waals surface area (Å²) in [4.78, 5) is 12.8.